The molecule has 0 saturated heterocycles. The monoisotopic (exact) mass is 616 g/mol. The van der Waals surface area contributed by atoms with Gasteiger partial charge in [-0.2, -0.15) is 0 Å². The maximum atomic E-state index is 6.00. The van der Waals surface area contributed by atoms with Gasteiger partial charge in [0, 0.05) is 11.4 Å². The van der Waals surface area contributed by atoms with Crippen molar-refractivity contribution in [3.63, 3.8) is 0 Å². The lowest BCUT2D eigenvalue weighted by atomic mass is 9.94. The maximum Gasteiger partial charge on any atom is 0.0319 e. The zero-order chi connectivity index (χ0) is 32.7. The van der Waals surface area contributed by atoms with E-state index in [0.717, 1.165) is 24.2 Å². The molecule has 0 aliphatic rings. The Morgan fingerprint density at radius 3 is 0.870 bits per heavy atom. The molecule has 4 rings (SSSR count). The van der Waals surface area contributed by atoms with E-state index >= 15 is 0 Å². The lowest BCUT2D eigenvalue weighted by molar-refractivity contribution is 0.540. The highest BCUT2D eigenvalue weighted by atomic mass is 14.5. The summed E-state index contributed by atoms with van der Waals surface area (Å²) >= 11 is 0. The number of rotatable bonds is 19. The molecule has 4 aromatic carbocycles. The van der Waals surface area contributed by atoms with Crippen LogP contribution in [0.25, 0.3) is 0 Å². The van der Waals surface area contributed by atoms with E-state index in [2.05, 4.69) is 100 Å². The van der Waals surface area contributed by atoms with Crippen molar-refractivity contribution in [2.45, 2.75) is 130 Å². The highest BCUT2D eigenvalue weighted by molar-refractivity contribution is 5.51. The molecule has 0 aromatic heterocycles. The highest BCUT2D eigenvalue weighted by Gasteiger charge is 2.07. The van der Waals surface area contributed by atoms with E-state index in [-0.39, 0.29) is 0 Å². The molecule has 0 fully saturated rings. The van der Waals surface area contributed by atoms with Crippen LogP contribution in [-0.4, -0.2) is 0 Å². The first-order chi connectivity index (χ1) is 22.3. The smallest absolute Gasteiger partial charge is 0.0319 e. The van der Waals surface area contributed by atoms with Crippen molar-refractivity contribution >= 4 is 11.4 Å². The molecule has 0 bridgehead atoms. The lowest BCUT2D eigenvalue weighted by Crippen LogP contribution is -1.98. The van der Waals surface area contributed by atoms with Crippen molar-refractivity contribution in [2.75, 3.05) is 11.5 Å². The third-order valence-electron chi connectivity index (χ3n) is 9.93. The van der Waals surface area contributed by atoms with Crippen LogP contribution in [0.1, 0.15) is 133 Å². The SMILES string of the molecule is Cc1cc(N)cc(C)c1Cc1ccc(CCCCCCCCCCCCCCc2ccc(Cc3c(C)cc(N)cc3C)cc2)cc1. The van der Waals surface area contributed by atoms with Gasteiger partial charge in [0.2, 0.25) is 0 Å². The molecule has 0 amide bonds. The van der Waals surface area contributed by atoms with Crippen molar-refractivity contribution < 1.29 is 0 Å². The van der Waals surface area contributed by atoms with E-state index < -0.39 is 0 Å². The Bertz CT molecular complexity index is 1320. The minimum absolute atomic E-state index is 0.863. The molecule has 0 aliphatic carbocycles. The Morgan fingerprint density at radius 1 is 0.348 bits per heavy atom. The molecule has 0 heterocycles. The van der Waals surface area contributed by atoms with Gasteiger partial charge in [0.25, 0.3) is 0 Å². The van der Waals surface area contributed by atoms with Crippen molar-refractivity contribution in [1.29, 1.82) is 0 Å². The van der Waals surface area contributed by atoms with Gasteiger partial charge in [0.05, 0.1) is 0 Å². The summed E-state index contributed by atoms with van der Waals surface area (Å²) in [5.74, 6) is 0. The van der Waals surface area contributed by atoms with Gasteiger partial charge in [-0.25, -0.2) is 0 Å². The Hall–Kier alpha value is -3.52. The predicted octanol–water partition coefficient (Wildman–Crippen LogP) is 11.7. The van der Waals surface area contributed by atoms with E-state index in [1.54, 1.807) is 0 Å². The van der Waals surface area contributed by atoms with Crippen LogP contribution in [0.3, 0.4) is 0 Å². The van der Waals surface area contributed by atoms with Gasteiger partial charge in [-0.3, -0.25) is 0 Å². The fourth-order valence-electron chi connectivity index (χ4n) is 7.09. The first kappa shape index (κ1) is 35.3. The number of benzene rings is 4. The average molecular weight is 617 g/mol. The number of nitrogen functional groups attached to an aromatic ring is 2. The van der Waals surface area contributed by atoms with Crippen molar-refractivity contribution in [2.24, 2.45) is 0 Å². The molecule has 0 unspecified atom stereocenters. The quantitative estimate of drug-likeness (QED) is 0.0813. The van der Waals surface area contributed by atoms with E-state index in [4.69, 9.17) is 11.5 Å². The molecular weight excluding hydrogens is 556 g/mol. The normalized spacial score (nSPS) is 11.3. The van der Waals surface area contributed by atoms with Crippen LogP contribution >= 0.6 is 0 Å². The number of unbranched alkanes of at least 4 members (excludes halogenated alkanes) is 11. The van der Waals surface area contributed by atoms with E-state index in [0.29, 0.717) is 0 Å². The molecule has 46 heavy (non-hydrogen) atoms. The molecule has 2 nitrogen and oxygen atoms in total. The predicted molar refractivity (Wildman–Crippen MR) is 202 cm³/mol. The molecule has 0 radical (unpaired) electrons. The molecule has 0 atom stereocenters. The minimum atomic E-state index is 0.863. The Morgan fingerprint density at radius 2 is 0.587 bits per heavy atom. The summed E-state index contributed by atoms with van der Waals surface area (Å²) in [6.45, 7) is 8.68. The molecule has 0 saturated carbocycles. The van der Waals surface area contributed by atoms with Crippen LogP contribution in [0.5, 0.6) is 0 Å². The second-order valence-electron chi connectivity index (χ2n) is 14.0. The summed E-state index contributed by atoms with van der Waals surface area (Å²) in [5.41, 5.74) is 27.4. The number of aryl methyl sites for hydroxylation is 6. The van der Waals surface area contributed by atoms with Crippen LogP contribution < -0.4 is 11.5 Å². The van der Waals surface area contributed by atoms with E-state index in [9.17, 15) is 0 Å². The zero-order valence-electron chi connectivity index (χ0n) is 29.4. The summed E-state index contributed by atoms with van der Waals surface area (Å²) in [6, 6.07) is 27.0. The standard InChI is InChI=1S/C44H60N2/c1-33-27-41(45)28-34(2)43(33)31-39-23-19-37(20-24-39)17-15-13-11-9-7-5-6-8-10-12-14-16-18-38-21-25-40(26-22-38)32-44-35(3)29-42(46)30-36(44)4/h19-30H,5-18,31-32,45-46H2,1-4H3. The van der Waals surface area contributed by atoms with Crippen molar-refractivity contribution in [3.8, 4) is 0 Å². The summed E-state index contributed by atoms with van der Waals surface area (Å²) < 4.78 is 0. The number of anilines is 2. The summed E-state index contributed by atoms with van der Waals surface area (Å²) in [4.78, 5) is 0. The van der Waals surface area contributed by atoms with Gasteiger partial charge in [0.15, 0.2) is 0 Å². The van der Waals surface area contributed by atoms with E-state index in [1.807, 2.05) is 0 Å². The molecular formula is C44H60N2. The van der Waals surface area contributed by atoms with Crippen LogP contribution in [0.4, 0.5) is 11.4 Å². The van der Waals surface area contributed by atoms with Crippen LogP contribution in [-0.2, 0) is 25.7 Å². The van der Waals surface area contributed by atoms with Gasteiger partial charge < -0.3 is 11.5 Å². The Kier molecular flexibility index (Phi) is 14.3. The fourth-order valence-corrected chi connectivity index (χ4v) is 7.09. The van der Waals surface area contributed by atoms with Crippen molar-refractivity contribution in [1.82, 2.24) is 0 Å². The maximum absolute atomic E-state index is 6.00. The third kappa shape index (κ3) is 11.7. The molecule has 0 spiro atoms. The second-order valence-corrected chi connectivity index (χ2v) is 14.0. The average Bonchev–Trinajstić information content (AvgIpc) is 3.02. The third-order valence-corrected chi connectivity index (χ3v) is 9.93. The van der Waals surface area contributed by atoms with Gasteiger partial charge in [-0.05, 0) is 146 Å². The molecule has 4 N–H and O–H groups in total. The summed E-state index contributed by atoms with van der Waals surface area (Å²) in [7, 11) is 0. The second kappa shape index (κ2) is 18.6. The minimum Gasteiger partial charge on any atom is -0.399 e. The van der Waals surface area contributed by atoms with Crippen molar-refractivity contribution in [3.05, 3.63) is 128 Å². The molecule has 246 valence electrons. The van der Waals surface area contributed by atoms with Crippen LogP contribution in [0, 0.1) is 27.7 Å². The number of nitrogens with two attached hydrogens (primary N) is 2. The lowest BCUT2D eigenvalue weighted by Gasteiger charge is -2.12. The van der Waals surface area contributed by atoms with Gasteiger partial charge in [0.1, 0.15) is 0 Å². The first-order valence-corrected chi connectivity index (χ1v) is 18.2. The first-order valence-electron chi connectivity index (χ1n) is 18.2. The molecule has 4 aromatic rings. The van der Waals surface area contributed by atoms with Gasteiger partial charge >= 0.3 is 0 Å². The Labute approximate surface area is 281 Å². The number of hydrogen-bond donors (Lipinski definition) is 2. The van der Waals surface area contributed by atoms with Crippen LogP contribution in [0.2, 0.25) is 0 Å². The van der Waals surface area contributed by atoms with Crippen LogP contribution in [0.15, 0.2) is 72.8 Å². The van der Waals surface area contributed by atoms with E-state index in [1.165, 1.54) is 146 Å². The van der Waals surface area contributed by atoms with Gasteiger partial charge in [-0.15, -0.1) is 0 Å². The van der Waals surface area contributed by atoms with Gasteiger partial charge in [-0.1, -0.05) is 113 Å². The largest absolute Gasteiger partial charge is 0.399 e. The summed E-state index contributed by atoms with van der Waals surface area (Å²) in [6.07, 6.45) is 20.9. The zero-order valence-corrected chi connectivity index (χ0v) is 29.4. The number of hydrogen-bond acceptors (Lipinski definition) is 2. The fraction of sp³-hybridized carbons (Fsp3) is 0.455. The molecule has 0 aliphatic heterocycles. The Balaban J connectivity index is 0.964. The highest BCUT2D eigenvalue weighted by Crippen LogP contribution is 2.24. The summed E-state index contributed by atoms with van der Waals surface area (Å²) in [5, 5.41) is 0. The topological polar surface area (TPSA) is 52.0 Å². The molecule has 2 heteroatoms.